The minimum Gasteiger partial charge on any atom is -0.481 e. The summed E-state index contributed by atoms with van der Waals surface area (Å²) in [5.41, 5.74) is 0. The van der Waals surface area contributed by atoms with Crippen LogP contribution in [0.15, 0.2) is 0 Å². The monoisotopic (exact) mass is 293 g/mol. The normalized spacial score (nSPS) is 33.9. The van der Waals surface area contributed by atoms with E-state index in [0.717, 1.165) is 19.3 Å². The van der Waals surface area contributed by atoms with Crippen LogP contribution >= 0.6 is 0 Å². The standard InChI is InChI=1S/C18H31NO2/c20-18(21)17(14-8-2-1-3-9-14)15-10-4-5-11-16(15)19-12-6-7-13-19/h14-17H,1-13H2,(H,20,21)/t15-,16-,17?/m1/s1. The van der Waals surface area contributed by atoms with E-state index in [1.807, 2.05) is 0 Å². The van der Waals surface area contributed by atoms with E-state index >= 15 is 0 Å². The second-order valence-corrected chi connectivity index (χ2v) is 7.52. The zero-order valence-electron chi connectivity index (χ0n) is 13.3. The fourth-order valence-corrected chi connectivity index (χ4v) is 5.31. The molecule has 0 aromatic carbocycles. The molecule has 120 valence electrons. The van der Waals surface area contributed by atoms with Gasteiger partial charge in [-0.15, -0.1) is 0 Å². The molecule has 1 unspecified atom stereocenters. The molecular weight excluding hydrogens is 262 g/mol. The van der Waals surface area contributed by atoms with E-state index in [-0.39, 0.29) is 5.92 Å². The van der Waals surface area contributed by atoms with Crippen LogP contribution in [-0.4, -0.2) is 35.1 Å². The van der Waals surface area contributed by atoms with Gasteiger partial charge in [-0.25, -0.2) is 0 Å². The molecule has 0 radical (unpaired) electrons. The smallest absolute Gasteiger partial charge is 0.307 e. The number of carboxylic acid groups (broad SMARTS) is 1. The van der Waals surface area contributed by atoms with Crippen LogP contribution in [0.2, 0.25) is 0 Å². The molecule has 0 amide bonds. The predicted octanol–water partition coefficient (Wildman–Crippen LogP) is 3.92. The van der Waals surface area contributed by atoms with Gasteiger partial charge in [0.15, 0.2) is 0 Å². The number of likely N-dealkylation sites (tertiary alicyclic amines) is 1. The number of carboxylic acids is 1. The van der Waals surface area contributed by atoms with E-state index in [9.17, 15) is 9.90 Å². The summed E-state index contributed by atoms with van der Waals surface area (Å²) in [5, 5.41) is 9.92. The Hall–Kier alpha value is -0.570. The Morgan fingerprint density at radius 2 is 1.48 bits per heavy atom. The lowest BCUT2D eigenvalue weighted by Gasteiger charge is -2.43. The Morgan fingerprint density at radius 1 is 0.857 bits per heavy atom. The lowest BCUT2D eigenvalue weighted by atomic mass is 9.67. The summed E-state index contributed by atoms with van der Waals surface area (Å²) in [5.74, 6) is 0.288. The third-order valence-electron chi connectivity index (χ3n) is 6.30. The first-order valence-corrected chi connectivity index (χ1v) is 9.24. The highest BCUT2D eigenvalue weighted by atomic mass is 16.4. The van der Waals surface area contributed by atoms with Gasteiger partial charge in [-0.1, -0.05) is 32.1 Å². The molecule has 2 saturated carbocycles. The highest BCUT2D eigenvalue weighted by Crippen LogP contribution is 2.42. The van der Waals surface area contributed by atoms with Gasteiger partial charge < -0.3 is 10.0 Å². The molecule has 21 heavy (non-hydrogen) atoms. The molecule has 3 nitrogen and oxygen atoms in total. The van der Waals surface area contributed by atoms with Crippen molar-refractivity contribution in [2.45, 2.75) is 76.7 Å². The fourth-order valence-electron chi connectivity index (χ4n) is 5.31. The van der Waals surface area contributed by atoms with Gasteiger partial charge in [-0.3, -0.25) is 4.79 Å². The number of carbonyl (C=O) groups is 1. The van der Waals surface area contributed by atoms with Crippen LogP contribution in [0, 0.1) is 17.8 Å². The molecule has 0 bridgehead atoms. The second-order valence-electron chi connectivity index (χ2n) is 7.52. The van der Waals surface area contributed by atoms with Crippen molar-refractivity contribution < 1.29 is 9.90 Å². The Labute approximate surface area is 129 Å². The Kier molecular flexibility index (Phi) is 5.20. The molecule has 0 spiro atoms. The molecule has 1 N–H and O–H groups in total. The number of nitrogens with zero attached hydrogens (tertiary/aromatic N) is 1. The molecule has 2 aliphatic carbocycles. The zero-order chi connectivity index (χ0) is 14.7. The lowest BCUT2D eigenvalue weighted by Crippen LogP contribution is -2.47. The molecule has 3 atom stereocenters. The summed E-state index contributed by atoms with van der Waals surface area (Å²) in [6, 6.07) is 0.560. The van der Waals surface area contributed by atoms with Crippen molar-refractivity contribution in [3.05, 3.63) is 0 Å². The van der Waals surface area contributed by atoms with Gasteiger partial charge in [0, 0.05) is 6.04 Å². The second kappa shape index (κ2) is 7.13. The average molecular weight is 293 g/mol. The minimum atomic E-state index is -0.502. The van der Waals surface area contributed by atoms with Gasteiger partial charge in [0.1, 0.15) is 0 Å². The van der Waals surface area contributed by atoms with Crippen LogP contribution in [0.5, 0.6) is 0 Å². The van der Waals surface area contributed by atoms with Gasteiger partial charge >= 0.3 is 5.97 Å². The van der Waals surface area contributed by atoms with Crippen LogP contribution in [0.3, 0.4) is 0 Å². The largest absolute Gasteiger partial charge is 0.481 e. The van der Waals surface area contributed by atoms with E-state index in [2.05, 4.69) is 4.90 Å². The van der Waals surface area contributed by atoms with Crippen LogP contribution in [0.4, 0.5) is 0 Å². The SMILES string of the molecule is O=C(O)C(C1CCCCC1)[C@@H]1CCCC[C@H]1N1CCCC1. The van der Waals surface area contributed by atoms with Gasteiger partial charge in [0.25, 0.3) is 0 Å². The Balaban J connectivity index is 1.75. The third-order valence-corrected chi connectivity index (χ3v) is 6.30. The molecule has 1 saturated heterocycles. The number of hydrogen-bond donors (Lipinski definition) is 1. The number of aliphatic carboxylic acids is 1. The van der Waals surface area contributed by atoms with Crippen molar-refractivity contribution in [2.24, 2.45) is 17.8 Å². The molecule has 1 heterocycles. The summed E-state index contributed by atoms with van der Waals surface area (Å²) in [7, 11) is 0. The van der Waals surface area contributed by atoms with Crippen molar-refractivity contribution in [3.63, 3.8) is 0 Å². The Morgan fingerprint density at radius 3 is 2.14 bits per heavy atom. The molecule has 3 fully saturated rings. The maximum atomic E-state index is 12.0. The zero-order valence-corrected chi connectivity index (χ0v) is 13.3. The number of rotatable bonds is 4. The average Bonchev–Trinajstić information content (AvgIpc) is 3.03. The van der Waals surface area contributed by atoms with E-state index in [0.29, 0.717) is 17.9 Å². The maximum Gasteiger partial charge on any atom is 0.307 e. The van der Waals surface area contributed by atoms with Crippen molar-refractivity contribution in [2.75, 3.05) is 13.1 Å². The summed E-state index contributed by atoms with van der Waals surface area (Å²) < 4.78 is 0. The van der Waals surface area contributed by atoms with Gasteiger partial charge in [0.05, 0.1) is 5.92 Å². The first kappa shape index (κ1) is 15.3. The van der Waals surface area contributed by atoms with Crippen molar-refractivity contribution in [1.29, 1.82) is 0 Å². The highest BCUT2D eigenvalue weighted by Gasteiger charge is 2.42. The third kappa shape index (κ3) is 3.44. The Bertz CT molecular complexity index is 345. The van der Waals surface area contributed by atoms with E-state index < -0.39 is 5.97 Å². The molecule has 0 aromatic heterocycles. The lowest BCUT2D eigenvalue weighted by molar-refractivity contribution is -0.149. The van der Waals surface area contributed by atoms with Gasteiger partial charge in [0.2, 0.25) is 0 Å². The molecule has 3 aliphatic rings. The maximum absolute atomic E-state index is 12.0. The van der Waals surface area contributed by atoms with Gasteiger partial charge in [-0.2, -0.15) is 0 Å². The molecular formula is C18H31NO2. The number of hydrogen-bond acceptors (Lipinski definition) is 2. The predicted molar refractivity (Wildman–Crippen MR) is 84.3 cm³/mol. The van der Waals surface area contributed by atoms with Gasteiger partial charge in [-0.05, 0) is 63.5 Å². The van der Waals surface area contributed by atoms with E-state index in [1.165, 1.54) is 64.5 Å². The van der Waals surface area contributed by atoms with Crippen molar-refractivity contribution >= 4 is 5.97 Å². The summed E-state index contributed by atoms with van der Waals surface area (Å²) >= 11 is 0. The topological polar surface area (TPSA) is 40.5 Å². The van der Waals surface area contributed by atoms with E-state index in [4.69, 9.17) is 0 Å². The summed E-state index contributed by atoms with van der Waals surface area (Å²) in [6.45, 7) is 2.41. The first-order valence-electron chi connectivity index (χ1n) is 9.24. The van der Waals surface area contributed by atoms with Crippen LogP contribution < -0.4 is 0 Å². The summed E-state index contributed by atoms with van der Waals surface area (Å²) in [6.07, 6.45) is 13.7. The van der Waals surface area contributed by atoms with E-state index in [1.54, 1.807) is 0 Å². The highest BCUT2D eigenvalue weighted by molar-refractivity contribution is 5.71. The van der Waals surface area contributed by atoms with Crippen LogP contribution in [-0.2, 0) is 4.79 Å². The minimum absolute atomic E-state index is 0.0730. The quantitative estimate of drug-likeness (QED) is 0.854. The fraction of sp³-hybridized carbons (Fsp3) is 0.944. The van der Waals surface area contributed by atoms with Crippen LogP contribution in [0.25, 0.3) is 0 Å². The first-order chi connectivity index (χ1) is 10.3. The molecule has 0 aromatic rings. The molecule has 1 aliphatic heterocycles. The molecule has 3 rings (SSSR count). The molecule has 3 heteroatoms. The van der Waals surface area contributed by atoms with Crippen LogP contribution in [0.1, 0.15) is 70.6 Å². The summed E-state index contributed by atoms with van der Waals surface area (Å²) in [4.78, 5) is 14.7. The van der Waals surface area contributed by atoms with Crippen molar-refractivity contribution in [3.8, 4) is 0 Å². The van der Waals surface area contributed by atoms with Crippen molar-refractivity contribution in [1.82, 2.24) is 4.90 Å².